The van der Waals surface area contributed by atoms with Crippen LogP contribution in [0.5, 0.6) is 0 Å². The van der Waals surface area contributed by atoms with Crippen LogP contribution in [-0.2, 0) is 6.18 Å². The molecule has 3 aromatic rings. The molecule has 0 atom stereocenters. The molecule has 8 heteroatoms. The Bertz CT molecular complexity index is 905. The molecule has 0 saturated heterocycles. The highest BCUT2D eigenvalue weighted by atomic mass is 19.4. The molecule has 1 aromatic heterocycles. The Hall–Kier alpha value is -3.16. The largest absolute Gasteiger partial charge is 0.416 e. The summed E-state index contributed by atoms with van der Waals surface area (Å²) in [6.45, 7) is 0.700. The molecule has 0 aliphatic heterocycles. The smallest absolute Gasteiger partial charge is 0.368 e. The van der Waals surface area contributed by atoms with Gasteiger partial charge in [-0.25, -0.2) is 9.97 Å². The third-order valence-electron chi connectivity index (χ3n) is 3.72. The maximum Gasteiger partial charge on any atom is 0.416 e. The van der Waals surface area contributed by atoms with Gasteiger partial charge in [0.05, 0.1) is 11.1 Å². The number of nitrogens with zero attached hydrogens (tertiary/aromatic N) is 2. The van der Waals surface area contributed by atoms with Crippen molar-refractivity contribution in [1.82, 2.24) is 15.3 Å². The molecule has 0 spiro atoms. The van der Waals surface area contributed by atoms with Gasteiger partial charge < -0.3 is 10.6 Å². The Balaban J connectivity index is 1.54. The Morgan fingerprint density at radius 3 is 2.42 bits per heavy atom. The second-order valence-corrected chi connectivity index (χ2v) is 5.50. The summed E-state index contributed by atoms with van der Waals surface area (Å²) in [5, 5.41) is 6.62. The molecule has 0 aliphatic rings. The third kappa shape index (κ3) is 4.08. The van der Waals surface area contributed by atoms with E-state index in [0.29, 0.717) is 12.4 Å². The molecular weight excluding hydrogens is 345 g/mol. The lowest BCUT2D eigenvalue weighted by molar-refractivity contribution is -0.137. The van der Waals surface area contributed by atoms with Gasteiger partial charge in [0.25, 0.3) is 5.91 Å². The van der Waals surface area contributed by atoms with Gasteiger partial charge in [-0.3, -0.25) is 4.79 Å². The topological polar surface area (TPSA) is 66.9 Å². The van der Waals surface area contributed by atoms with Crippen LogP contribution in [0, 0.1) is 0 Å². The van der Waals surface area contributed by atoms with Crippen molar-refractivity contribution in [2.24, 2.45) is 0 Å². The molecule has 0 bridgehead atoms. The van der Waals surface area contributed by atoms with Crippen molar-refractivity contribution in [1.29, 1.82) is 0 Å². The number of nitrogens with one attached hydrogen (secondary N) is 2. The highest BCUT2D eigenvalue weighted by Crippen LogP contribution is 2.29. The molecule has 1 amide bonds. The average molecular weight is 360 g/mol. The summed E-state index contributed by atoms with van der Waals surface area (Å²) in [5.74, 6) is 0.215. The van der Waals surface area contributed by atoms with Crippen molar-refractivity contribution in [3.8, 4) is 0 Å². The van der Waals surface area contributed by atoms with E-state index in [0.717, 1.165) is 35.2 Å². The molecule has 2 aromatic carbocycles. The van der Waals surface area contributed by atoms with Gasteiger partial charge in [-0.05, 0) is 36.4 Å². The summed E-state index contributed by atoms with van der Waals surface area (Å²) in [4.78, 5) is 20.3. The molecule has 0 unspecified atom stereocenters. The number of carbonyl (C=O) groups excluding carboxylic acids is 1. The predicted molar refractivity (Wildman–Crippen MR) is 91.8 cm³/mol. The molecule has 1 heterocycles. The first-order valence-electron chi connectivity index (χ1n) is 7.84. The maximum absolute atomic E-state index is 12.5. The highest BCUT2D eigenvalue weighted by molar-refractivity contribution is 5.94. The van der Waals surface area contributed by atoms with E-state index in [-0.39, 0.29) is 12.1 Å². The number of fused-ring (bicyclic) bond motifs is 1. The minimum atomic E-state index is -4.42. The molecule has 3 rings (SSSR count). The van der Waals surface area contributed by atoms with Crippen LogP contribution < -0.4 is 10.6 Å². The van der Waals surface area contributed by atoms with Crippen molar-refractivity contribution in [3.05, 3.63) is 66.0 Å². The van der Waals surface area contributed by atoms with Gasteiger partial charge in [0, 0.05) is 24.0 Å². The number of hydrogen-bond acceptors (Lipinski definition) is 4. The molecule has 5 nitrogen and oxygen atoms in total. The van der Waals surface area contributed by atoms with Crippen molar-refractivity contribution in [2.75, 3.05) is 18.4 Å². The average Bonchev–Trinajstić information content (AvgIpc) is 2.64. The zero-order valence-corrected chi connectivity index (χ0v) is 13.5. The van der Waals surface area contributed by atoms with Gasteiger partial charge in [0.2, 0.25) is 0 Å². The number of carbonyl (C=O) groups is 1. The van der Waals surface area contributed by atoms with E-state index >= 15 is 0 Å². The molecule has 0 fully saturated rings. The van der Waals surface area contributed by atoms with Crippen LogP contribution in [0.3, 0.4) is 0 Å². The van der Waals surface area contributed by atoms with Gasteiger partial charge in [0.1, 0.15) is 12.1 Å². The second-order valence-electron chi connectivity index (χ2n) is 5.50. The predicted octanol–water partition coefficient (Wildman–Crippen LogP) is 3.49. The van der Waals surface area contributed by atoms with Crippen LogP contribution in [0.1, 0.15) is 15.9 Å². The first-order valence-corrected chi connectivity index (χ1v) is 7.84. The number of benzene rings is 2. The zero-order chi connectivity index (χ0) is 18.6. The summed E-state index contributed by atoms with van der Waals surface area (Å²) in [7, 11) is 0. The number of anilines is 1. The van der Waals surface area contributed by atoms with E-state index in [2.05, 4.69) is 20.6 Å². The SMILES string of the molecule is O=C(NCCNc1ncnc2ccccc12)c1ccc(C(F)(F)F)cc1. The number of rotatable bonds is 5. The Kier molecular flexibility index (Phi) is 5.01. The monoisotopic (exact) mass is 360 g/mol. The minimum Gasteiger partial charge on any atom is -0.368 e. The third-order valence-corrected chi connectivity index (χ3v) is 3.72. The maximum atomic E-state index is 12.5. The number of para-hydroxylation sites is 1. The van der Waals surface area contributed by atoms with E-state index in [1.54, 1.807) is 0 Å². The van der Waals surface area contributed by atoms with Gasteiger partial charge in [0.15, 0.2) is 0 Å². The number of aromatic nitrogens is 2. The summed E-state index contributed by atoms with van der Waals surface area (Å²) in [6.07, 6.45) is -2.97. The normalized spacial score (nSPS) is 11.3. The molecule has 0 saturated carbocycles. The fourth-order valence-corrected chi connectivity index (χ4v) is 2.42. The van der Waals surface area contributed by atoms with E-state index in [1.165, 1.54) is 6.33 Å². The van der Waals surface area contributed by atoms with Crippen LogP contribution in [0.25, 0.3) is 10.9 Å². The van der Waals surface area contributed by atoms with E-state index in [4.69, 9.17) is 0 Å². The van der Waals surface area contributed by atoms with Crippen molar-refractivity contribution < 1.29 is 18.0 Å². The summed E-state index contributed by atoms with van der Waals surface area (Å²) >= 11 is 0. The van der Waals surface area contributed by atoms with Crippen LogP contribution in [0.2, 0.25) is 0 Å². The summed E-state index contributed by atoms with van der Waals surface area (Å²) in [6, 6.07) is 11.6. The molecule has 134 valence electrons. The lowest BCUT2D eigenvalue weighted by atomic mass is 10.1. The lowest BCUT2D eigenvalue weighted by Crippen LogP contribution is -2.29. The lowest BCUT2D eigenvalue weighted by Gasteiger charge is -2.10. The van der Waals surface area contributed by atoms with Gasteiger partial charge in [-0.2, -0.15) is 13.2 Å². The van der Waals surface area contributed by atoms with Crippen LogP contribution in [-0.4, -0.2) is 29.0 Å². The van der Waals surface area contributed by atoms with Crippen molar-refractivity contribution in [3.63, 3.8) is 0 Å². The van der Waals surface area contributed by atoms with Crippen molar-refractivity contribution >= 4 is 22.6 Å². The number of halogens is 3. The highest BCUT2D eigenvalue weighted by Gasteiger charge is 2.30. The first kappa shape index (κ1) is 17.7. The van der Waals surface area contributed by atoms with Crippen molar-refractivity contribution in [2.45, 2.75) is 6.18 Å². The zero-order valence-electron chi connectivity index (χ0n) is 13.5. The van der Waals surface area contributed by atoms with Crippen LogP contribution in [0.4, 0.5) is 19.0 Å². The molecular formula is C18H15F3N4O. The van der Waals surface area contributed by atoms with Crippen LogP contribution in [0.15, 0.2) is 54.9 Å². The molecule has 2 N–H and O–H groups in total. The Morgan fingerprint density at radius 2 is 1.69 bits per heavy atom. The number of amides is 1. The minimum absolute atomic E-state index is 0.172. The number of alkyl halides is 3. The quantitative estimate of drug-likeness (QED) is 0.684. The Morgan fingerprint density at radius 1 is 0.962 bits per heavy atom. The summed E-state index contributed by atoms with van der Waals surface area (Å²) < 4.78 is 37.6. The van der Waals surface area contributed by atoms with Crippen LogP contribution >= 0.6 is 0 Å². The second kappa shape index (κ2) is 7.38. The molecule has 0 radical (unpaired) electrons. The standard InChI is InChI=1S/C18H15F3N4O/c19-18(20,21)13-7-5-12(6-8-13)17(26)23-10-9-22-16-14-3-1-2-4-15(14)24-11-25-16/h1-8,11H,9-10H2,(H,23,26)(H,22,24,25). The fourth-order valence-electron chi connectivity index (χ4n) is 2.42. The fraction of sp³-hybridized carbons (Fsp3) is 0.167. The molecule has 26 heavy (non-hydrogen) atoms. The number of hydrogen-bond donors (Lipinski definition) is 2. The van der Waals surface area contributed by atoms with E-state index in [9.17, 15) is 18.0 Å². The van der Waals surface area contributed by atoms with Gasteiger partial charge in [-0.15, -0.1) is 0 Å². The van der Waals surface area contributed by atoms with E-state index < -0.39 is 17.6 Å². The van der Waals surface area contributed by atoms with E-state index in [1.807, 2.05) is 24.3 Å². The van der Waals surface area contributed by atoms with Gasteiger partial charge in [-0.1, -0.05) is 12.1 Å². The summed E-state index contributed by atoms with van der Waals surface area (Å²) in [5.41, 5.74) is 0.190. The Labute approximate surface area is 147 Å². The van der Waals surface area contributed by atoms with Gasteiger partial charge >= 0.3 is 6.18 Å². The first-order chi connectivity index (χ1) is 12.4. The molecule has 0 aliphatic carbocycles.